The van der Waals surface area contributed by atoms with E-state index in [9.17, 15) is 4.79 Å². The topological polar surface area (TPSA) is 67.5 Å². The second-order valence-electron chi connectivity index (χ2n) is 6.88. The van der Waals surface area contributed by atoms with E-state index in [1.807, 2.05) is 25.2 Å². The molecule has 2 aliphatic rings. The van der Waals surface area contributed by atoms with Gasteiger partial charge in [0.2, 0.25) is 6.79 Å². The van der Waals surface area contributed by atoms with Crippen molar-refractivity contribution in [2.45, 2.75) is 44.6 Å². The van der Waals surface area contributed by atoms with Gasteiger partial charge in [0.25, 0.3) is 5.91 Å². The molecule has 1 amide bonds. The summed E-state index contributed by atoms with van der Waals surface area (Å²) in [6.45, 7) is 0.776. The van der Waals surface area contributed by atoms with Crippen LogP contribution in [0.3, 0.4) is 0 Å². The lowest BCUT2D eigenvalue weighted by atomic mass is 9.85. The quantitative estimate of drug-likeness (QED) is 0.925. The highest BCUT2D eigenvalue weighted by molar-refractivity contribution is 5.95. The second kappa shape index (κ2) is 6.78. The Morgan fingerprint density at radius 3 is 2.88 bits per heavy atom. The maximum Gasteiger partial charge on any atom is 0.257 e. The van der Waals surface area contributed by atoms with Gasteiger partial charge in [-0.3, -0.25) is 9.89 Å². The van der Waals surface area contributed by atoms with Gasteiger partial charge >= 0.3 is 0 Å². The van der Waals surface area contributed by atoms with Gasteiger partial charge in [-0.2, -0.15) is 5.10 Å². The summed E-state index contributed by atoms with van der Waals surface area (Å²) in [5, 5.41) is 7.22. The SMILES string of the molecule is CN(Cc1ccc2c(c1)OCO2)C(=O)c1cn[nH]c1C1CCCCC1. The van der Waals surface area contributed by atoms with E-state index in [0.717, 1.165) is 35.6 Å². The van der Waals surface area contributed by atoms with Crippen LogP contribution in [-0.4, -0.2) is 34.8 Å². The predicted molar refractivity (Wildman–Crippen MR) is 92.8 cm³/mol. The number of ether oxygens (including phenoxy) is 2. The third kappa shape index (κ3) is 3.21. The van der Waals surface area contributed by atoms with Crippen LogP contribution in [0, 0.1) is 0 Å². The van der Waals surface area contributed by atoms with Gasteiger partial charge in [0, 0.05) is 19.5 Å². The normalized spacial score (nSPS) is 16.8. The monoisotopic (exact) mass is 341 g/mol. The van der Waals surface area contributed by atoms with Crippen molar-refractivity contribution < 1.29 is 14.3 Å². The minimum Gasteiger partial charge on any atom is -0.454 e. The first-order chi connectivity index (χ1) is 12.2. The van der Waals surface area contributed by atoms with Gasteiger partial charge in [-0.1, -0.05) is 25.3 Å². The molecule has 1 aromatic heterocycles. The summed E-state index contributed by atoms with van der Waals surface area (Å²) in [6, 6.07) is 5.79. The molecular weight excluding hydrogens is 318 g/mol. The van der Waals surface area contributed by atoms with E-state index in [1.54, 1.807) is 11.1 Å². The lowest BCUT2D eigenvalue weighted by Gasteiger charge is -2.23. The Balaban J connectivity index is 1.48. The summed E-state index contributed by atoms with van der Waals surface area (Å²) in [7, 11) is 1.82. The number of amides is 1. The van der Waals surface area contributed by atoms with Crippen molar-refractivity contribution in [2.75, 3.05) is 13.8 Å². The van der Waals surface area contributed by atoms with E-state index in [0.29, 0.717) is 18.0 Å². The maximum atomic E-state index is 12.9. The Morgan fingerprint density at radius 2 is 2.04 bits per heavy atom. The van der Waals surface area contributed by atoms with Crippen molar-refractivity contribution in [1.82, 2.24) is 15.1 Å². The number of hydrogen-bond acceptors (Lipinski definition) is 4. The summed E-state index contributed by atoms with van der Waals surface area (Å²) in [5.41, 5.74) is 2.72. The fourth-order valence-corrected chi connectivity index (χ4v) is 3.76. The predicted octanol–water partition coefficient (Wildman–Crippen LogP) is 3.46. The Morgan fingerprint density at radius 1 is 1.24 bits per heavy atom. The Bertz CT molecular complexity index is 765. The van der Waals surface area contributed by atoms with E-state index in [-0.39, 0.29) is 12.7 Å². The number of H-pyrrole nitrogens is 1. The van der Waals surface area contributed by atoms with E-state index < -0.39 is 0 Å². The standard InChI is InChI=1S/C19H23N3O3/c1-22(11-13-7-8-16-17(9-13)25-12-24-16)19(23)15-10-20-21-18(15)14-5-3-2-4-6-14/h7-10,14H,2-6,11-12H2,1H3,(H,20,21). The van der Waals surface area contributed by atoms with Crippen LogP contribution in [0.1, 0.15) is 59.6 Å². The van der Waals surface area contributed by atoms with E-state index in [2.05, 4.69) is 10.2 Å². The number of carbonyl (C=O) groups is 1. The number of fused-ring (bicyclic) bond motifs is 1. The molecule has 25 heavy (non-hydrogen) atoms. The van der Waals surface area contributed by atoms with Crippen LogP contribution in [0.5, 0.6) is 11.5 Å². The fourth-order valence-electron chi connectivity index (χ4n) is 3.76. The van der Waals surface area contributed by atoms with E-state index >= 15 is 0 Å². The Hall–Kier alpha value is -2.50. The second-order valence-corrected chi connectivity index (χ2v) is 6.88. The first-order valence-electron chi connectivity index (χ1n) is 8.89. The molecule has 1 N–H and O–H groups in total. The molecule has 1 aliphatic heterocycles. The average Bonchev–Trinajstić information content (AvgIpc) is 3.30. The van der Waals surface area contributed by atoms with Gasteiger partial charge in [-0.05, 0) is 30.5 Å². The molecule has 1 saturated carbocycles. The van der Waals surface area contributed by atoms with Crippen LogP contribution in [0.25, 0.3) is 0 Å². The van der Waals surface area contributed by atoms with Crippen molar-refractivity contribution in [3.8, 4) is 11.5 Å². The highest BCUT2D eigenvalue weighted by Crippen LogP contribution is 2.34. The maximum absolute atomic E-state index is 12.9. The Kier molecular flexibility index (Phi) is 4.34. The highest BCUT2D eigenvalue weighted by atomic mass is 16.7. The zero-order valence-electron chi connectivity index (χ0n) is 14.5. The molecule has 132 valence electrons. The van der Waals surface area contributed by atoms with Crippen LogP contribution in [0.2, 0.25) is 0 Å². The molecule has 2 aromatic rings. The summed E-state index contributed by atoms with van der Waals surface area (Å²) in [5.74, 6) is 1.93. The van der Waals surface area contributed by atoms with Crippen LogP contribution < -0.4 is 9.47 Å². The molecule has 1 fully saturated rings. The largest absolute Gasteiger partial charge is 0.454 e. The molecule has 0 atom stereocenters. The number of rotatable bonds is 4. The van der Waals surface area contributed by atoms with Gasteiger partial charge in [-0.15, -0.1) is 0 Å². The van der Waals surface area contributed by atoms with Gasteiger partial charge in [0.15, 0.2) is 11.5 Å². The highest BCUT2D eigenvalue weighted by Gasteiger charge is 2.25. The van der Waals surface area contributed by atoms with Gasteiger partial charge in [0.05, 0.1) is 17.5 Å². The first-order valence-corrected chi connectivity index (χ1v) is 8.89. The number of aromatic nitrogens is 2. The molecule has 2 heterocycles. The zero-order chi connectivity index (χ0) is 17.2. The van der Waals surface area contributed by atoms with Gasteiger partial charge < -0.3 is 14.4 Å². The number of hydrogen-bond donors (Lipinski definition) is 1. The number of aromatic amines is 1. The van der Waals surface area contributed by atoms with Crippen molar-refractivity contribution in [1.29, 1.82) is 0 Å². The molecule has 0 radical (unpaired) electrons. The van der Waals surface area contributed by atoms with Gasteiger partial charge in [0.1, 0.15) is 0 Å². The summed E-state index contributed by atoms with van der Waals surface area (Å²) in [4.78, 5) is 14.6. The number of benzene rings is 1. The van der Waals surface area contributed by atoms with Gasteiger partial charge in [-0.25, -0.2) is 0 Å². The number of nitrogens with one attached hydrogen (secondary N) is 1. The smallest absolute Gasteiger partial charge is 0.257 e. The molecule has 0 saturated heterocycles. The zero-order valence-corrected chi connectivity index (χ0v) is 14.5. The molecule has 0 unspecified atom stereocenters. The molecule has 6 nitrogen and oxygen atoms in total. The summed E-state index contributed by atoms with van der Waals surface area (Å²) < 4.78 is 10.7. The third-order valence-electron chi connectivity index (χ3n) is 5.12. The summed E-state index contributed by atoms with van der Waals surface area (Å²) in [6.07, 6.45) is 7.68. The number of nitrogens with zero attached hydrogens (tertiary/aromatic N) is 2. The van der Waals surface area contributed by atoms with Crippen LogP contribution in [-0.2, 0) is 6.54 Å². The fraction of sp³-hybridized carbons (Fsp3) is 0.474. The van der Waals surface area contributed by atoms with Crippen molar-refractivity contribution in [2.24, 2.45) is 0 Å². The average molecular weight is 341 g/mol. The van der Waals surface area contributed by atoms with Crippen molar-refractivity contribution in [3.63, 3.8) is 0 Å². The molecule has 4 rings (SSSR count). The molecule has 1 aromatic carbocycles. The lowest BCUT2D eigenvalue weighted by molar-refractivity contribution is 0.0783. The molecular formula is C19H23N3O3. The van der Waals surface area contributed by atoms with Crippen LogP contribution in [0.15, 0.2) is 24.4 Å². The minimum absolute atomic E-state index is 0.00647. The van der Waals surface area contributed by atoms with E-state index in [4.69, 9.17) is 9.47 Å². The minimum atomic E-state index is 0.00647. The summed E-state index contributed by atoms with van der Waals surface area (Å²) >= 11 is 0. The van der Waals surface area contributed by atoms with Crippen molar-refractivity contribution >= 4 is 5.91 Å². The Labute approximate surface area is 147 Å². The molecule has 0 spiro atoms. The molecule has 1 aliphatic carbocycles. The van der Waals surface area contributed by atoms with Crippen LogP contribution >= 0.6 is 0 Å². The van der Waals surface area contributed by atoms with Crippen molar-refractivity contribution in [3.05, 3.63) is 41.2 Å². The van der Waals surface area contributed by atoms with E-state index in [1.165, 1.54) is 19.3 Å². The first kappa shape index (κ1) is 16.0. The van der Waals surface area contributed by atoms with Crippen LogP contribution in [0.4, 0.5) is 0 Å². The lowest BCUT2D eigenvalue weighted by Crippen LogP contribution is -2.27. The molecule has 6 heteroatoms. The number of carbonyl (C=O) groups excluding carboxylic acids is 1. The molecule has 0 bridgehead atoms. The third-order valence-corrected chi connectivity index (χ3v) is 5.12.